The third-order valence-corrected chi connectivity index (χ3v) is 6.29. The van der Waals surface area contributed by atoms with Gasteiger partial charge in [0.25, 0.3) is 5.91 Å². The Hall–Kier alpha value is -3.93. The maximum atomic E-state index is 13.3. The predicted molar refractivity (Wildman–Crippen MR) is 131 cm³/mol. The third-order valence-electron chi connectivity index (χ3n) is 6.29. The molecule has 0 saturated carbocycles. The number of piperidine rings is 1. The van der Waals surface area contributed by atoms with Crippen LogP contribution in [0.25, 0.3) is 11.3 Å². The predicted octanol–water partition coefficient (Wildman–Crippen LogP) is 4.85. The molecule has 0 aliphatic carbocycles. The zero-order chi connectivity index (χ0) is 23.3. The second kappa shape index (κ2) is 9.91. The highest BCUT2D eigenvalue weighted by molar-refractivity contribution is 5.95. The third kappa shape index (κ3) is 5.01. The molecular weight excluding hydrogens is 422 g/mol. The normalized spacial score (nSPS) is 15.8. The molecule has 1 saturated heterocycles. The number of amides is 1. The molecule has 34 heavy (non-hydrogen) atoms. The summed E-state index contributed by atoms with van der Waals surface area (Å²) >= 11 is 0. The fraction of sp³-hybridized carbons (Fsp3) is 0.250. The average molecular weight is 450 g/mol. The summed E-state index contributed by atoms with van der Waals surface area (Å²) in [6.45, 7) is 3.54. The van der Waals surface area contributed by atoms with E-state index in [2.05, 4.69) is 64.3 Å². The summed E-state index contributed by atoms with van der Waals surface area (Å²) in [5, 5.41) is 0. The lowest BCUT2D eigenvalue weighted by Crippen LogP contribution is -2.39. The maximum Gasteiger partial charge on any atom is 0.254 e. The molecule has 3 aromatic heterocycles. The van der Waals surface area contributed by atoms with Crippen molar-refractivity contribution in [3.05, 3.63) is 108 Å². The lowest BCUT2D eigenvalue weighted by atomic mass is 9.93. The molecule has 6 nitrogen and oxygen atoms in total. The van der Waals surface area contributed by atoms with Gasteiger partial charge in [0.15, 0.2) is 0 Å². The molecule has 0 radical (unpaired) electrons. The molecule has 1 aromatic carbocycles. The van der Waals surface area contributed by atoms with Crippen molar-refractivity contribution in [3.63, 3.8) is 0 Å². The van der Waals surface area contributed by atoms with Crippen LogP contribution in [-0.4, -0.2) is 43.8 Å². The number of likely N-dealkylation sites (tertiary alicyclic amines) is 1. The molecular formula is C28H27N5O. The van der Waals surface area contributed by atoms with E-state index in [1.54, 1.807) is 24.7 Å². The summed E-state index contributed by atoms with van der Waals surface area (Å²) in [6, 6.07) is 18.4. The van der Waals surface area contributed by atoms with Gasteiger partial charge in [0.05, 0.1) is 5.69 Å². The number of rotatable bonds is 5. The van der Waals surface area contributed by atoms with E-state index in [1.165, 1.54) is 17.5 Å². The van der Waals surface area contributed by atoms with Gasteiger partial charge >= 0.3 is 0 Å². The van der Waals surface area contributed by atoms with Crippen LogP contribution in [0.2, 0.25) is 0 Å². The van der Waals surface area contributed by atoms with E-state index in [0.717, 1.165) is 42.8 Å². The van der Waals surface area contributed by atoms with Gasteiger partial charge < -0.3 is 4.90 Å². The van der Waals surface area contributed by atoms with Gasteiger partial charge in [0.2, 0.25) is 0 Å². The van der Waals surface area contributed by atoms with Crippen molar-refractivity contribution in [1.29, 1.82) is 0 Å². The van der Waals surface area contributed by atoms with Crippen molar-refractivity contribution >= 4 is 5.91 Å². The maximum absolute atomic E-state index is 13.3. The molecule has 4 heterocycles. The van der Waals surface area contributed by atoms with Crippen LogP contribution < -0.4 is 0 Å². The minimum absolute atomic E-state index is 0.0288. The first-order valence-corrected chi connectivity index (χ1v) is 11.7. The first kappa shape index (κ1) is 21.9. The van der Waals surface area contributed by atoms with Crippen molar-refractivity contribution in [1.82, 2.24) is 24.8 Å². The van der Waals surface area contributed by atoms with Crippen LogP contribution in [0, 0.1) is 6.92 Å². The molecule has 0 N–H and O–H groups in total. The molecule has 1 aliphatic rings. The first-order valence-electron chi connectivity index (χ1n) is 11.7. The Kier molecular flexibility index (Phi) is 6.38. The largest absolute Gasteiger partial charge is 0.338 e. The Balaban J connectivity index is 1.31. The standard InChI is InChI=1S/C28H27N5O/c1-20-5-2-6-21(13-20)14-25-8-3-9-26(32-25)23-7-4-12-33(18-23)28(34)22-10-11-31-27(15-22)24-16-29-19-30-17-24/h2-3,5-6,8-11,13,15-17,19,23H,4,7,12,14,18H2,1H3/t23-/m1/s1. The molecule has 0 bridgehead atoms. The first-order chi connectivity index (χ1) is 16.7. The van der Waals surface area contributed by atoms with Crippen LogP contribution in [0.4, 0.5) is 0 Å². The van der Waals surface area contributed by atoms with Crippen LogP contribution >= 0.6 is 0 Å². The Morgan fingerprint density at radius 1 is 1.06 bits per heavy atom. The van der Waals surface area contributed by atoms with Crippen molar-refractivity contribution < 1.29 is 4.79 Å². The fourth-order valence-electron chi connectivity index (χ4n) is 4.59. The molecule has 6 heteroatoms. The zero-order valence-electron chi connectivity index (χ0n) is 19.3. The Morgan fingerprint density at radius 3 is 2.76 bits per heavy atom. The number of aryl methyl sites for hydroxylation is 1. The minimum atomic E-state index is 0.0288. The van der Waals surface area contributed by atoms with E-state index in [4.69, 9.17) is 4.98 Å². The molecule has 1 atom stereocenters. The number of hydrogen-bond donors (Lipinski definition) is 0. The van der Waals surface area contributed by atoms with Crippen LogP contribution in [0.15, 0.2) is 79.5 Å². The summed E-state index contributed by atoms with van der Waals surface area (Å²) in [7, 11) is 0. The minimum Gasteiger partial charge on any atom is -0.338 e. The van der Waals surface area contributed by atoms with Gasteiger partial charge in [0.1, 0.15) is 6.33 Å². The number of nitrogens with zero attached hydrogens (tertiary/aromatic N) is 5. The van der Waals surface area contributed by atoms with Crippen molar-refractivity contribution in [2.24, 2.45) is 0 Å². The number of carbonyl (C=O) groups is 1. The number of benzene rings is 1. The van der Waals surface area contributed by atoms with Gasteiger partial charge in [-0.1, -0.05) is 35.9 Å². The second-order valence-electron chi connectivity index (χ2n) is 8.87. The average Bonchev–Trinajstić information content (AvgIpc) is 2.89. The molecule has 1 fully saturated rings. The summed E-state index contributed by atoms with van der Waals surface area (Å²) < 4.78 is 0. The van der Waals surface area contributed by atoms with Gasteiger partial charge in [-0.3, -0.25) is 14.8 Å². The molecule has 5 rings (SSSR count). The van der Waals surface area contributed by atoms with E-state index < -0.39 is 0 Å². The molecule has 4 aromatic rings. The van der Waals surface area contributed by atoms with Crippen LogP contribution in [-0.2, 0) is 6.42 Å². The van der Waals surface area contributed by atoms with Crippen LogP contribution in [0.1, 0.15) is 51.6 Å². The van der Waals surface area contributed by atoms with E-state index in [-0.39, 0.29) is 11.8 Å². The summed E-state index contributed by atoms with van der Waals surface area (Å²) in [5.74, 6) is 0.264. The summed E-state index contributed by atoms with van der Waals surface area (Å²) in [4.78, 5) is 32.8. The highest BCUT2D eigenvalue weighted by atomic mass is 16.2. The number of carbonyl (C=O) groups excluding carboxylic acids is 1. The van der Waals surface area contributed by atoms with E-state index in [9.17, 15) is 4.79 Å². The highest BCUT2D eigenvalue weighted by Crippen LogP contribution is 2.27. The molecule has 1 amide bonds. The smallest absolute Gasteiger partial charge is 0.254 e. The zero-order valence-corrected chi connectivity index (χ0v) is 19.3. The Bertz CT molecular complexity index is 1290. The van der Waals surface area contributed by atoms with Crippen molar-refractivity contribution in [2.75, 3.05) is 13.1 Å². The van der Waals surface area contributed by atoms with Crippen molar-refractivity contribution in [2.45, 2.75) is 32.1 Å². The van der Waals surface area contributed by atoms with Gasteiger partial charge in [-0.05, 0) is 49.6 Å². The summed E-state index contributed by atoms with van der Waals surface area (Å²) in [5.41, 5.74) is 6.79. The topological polar surface area (TPSA) is 71.9 Å². The molecule has 0 spiro atoms. The van der Waals surface area contributed by atoms with Crippen LogP contribution in [0.5, 0.6) is 0 Å². The van der Waals surface area contributed by atoms with Crippen LogP contribution in [0.3, 0.4) is 0 Å². The van der Waals surface area contributed by atoms with E-state index in [0.29, 0.717) is 17.8 Å². The lowest BCUT2D eigenvalue weighted by molar-refractivity contribution is 0.0706. The molecule has 0 unspecified atom stereocenters. The monoisotopic (exact) mass is 449 g/mol. The Morgan fingerprint density at radius 2 is 1.91 bits per heavy atom. The van der Waals surface area contributed by atoms with E-state index >= 15 is 0 Å². The van der Waals surface area contributed by atoms with Gasteiger partial charge in [-0.15, -0.1) is 0 Å². The lowest BCUT2D eigenvalue weighted by Gasteiger charge is -2.32. The molecule has 170 valence electrons. The summed E-state index contributed by atoms with van der Waals surface area (Å²) in [6.07, 6.45) is 9.38. The number of aromatic nitrogens is 4. The second-order valence-corrected chi connectivity index (χ2v) is 8.87. The molecule has 1 aliphatic heterocycles. The number of pyridine rings is 2. The van der Waals surface area contributed by atoms with Crippen molar-refractivity contribution in [3.8, 4) is 11.3 Å². The van der Waals surface area contributed by atoms with Gasteiger partial charge in [0, 0.05) is 66.5 Å². The fourth-order valence-corrected chi connectivity index (χ4v) is 4.59. The number of hydrogen-bond acceptors (Lipinski definition) is 5. The van der Waals surface area contributed by atoms with Gasteiger partial charge in [-0.2, -0.15) is 0 Å². The van der Waals surface area contributed by atoms with E-state index in [1.807, 2.05) is 11.0 Å². The highest BCUT2D eigenvalue weighted by Gasteiger charge is 2.26. The quantitative estimate of drug-likeness (QED) is 0.435. The Labute approximate surface area is 199 Å². The SMILES string of the molecule is Cc1cccc(Cc2cccc([C@@H]3CCCN(C(=O)c4ccnc(-c5cncnc5)c4)C3)n2)c1. The van der Waals surface area contributed by atoms with Gasteiger partial charge in [-0.25, -0.2) is 9.97 Å².